The first kappa shape index (κ1) is 18.3. The summed E-state index contributed by atoms with van der Waals surface area (Å²) in [5.74, 6) is 0. The molecule has 3 aromatic rings. The average Bonchev–Trinajstić information content (AvgIpc) is 2.57. The van der Waals surface area contributed by atoms with Gasteiger partial charge >= 0.3 is 0 Å². The van der Waals surface area contributed by atoms with Crippen molar-refractivity contribution in [2.24, 2.45) is 0 Å². The first-order valence-corrected chi connectivity index (χ1v) is 9.82. The van der Waals surface area contributed by atoms with Crippen molar-refractivity contribution in [2.75, 3.05) is 0 Å². The molecule has 0 aliphatic heterocycles. The van der Waals surface area contributed by atoms with Gasteiger partial charge in [-0.25, -0.2) is 0 Å². The maximum absolute atomic E-state index is 11.2. The molecule has 0 atom stereocenters. The summed E-state index contributed by atoms with van der Waals surface area (Å²) in [4.78, 5) is -0.0858. The molecule has 0 aromatic heterocycles. The van der Waals surface area contributed by atoms with Crippen molar-refractivity contribution in [2.45, 2.75) is 4.90 Å². The van der Waals surface area contributed by atoms with Crippen LogP contribution in [-0.2, 0) is 10.1 Å². The van der Waals surface area contributed by atoms with Gasteiger partial charge in [-0.3, -0.25) is 4.55 Å². The van der Waals surface area contributed by atoms with Crippen LogP contribution in [0.25, 0.3) is 0 Å². The first-order valence-electron chi connectivity index (χ1n) is 7.03. The van der Waals surface area contributed by atoms with Crippen molar-refractivity contribution in [3.05, 3.63) is 84.9 Å². The third kappa shape index (κ3) is 4.08. The highest BCUT2D eigenvalue weighted by atomic mass is 32.2. The van der Waals surface area contributed by atoms with E-state index in [2.05, 4.69) is 24.3 Å². The summed E-state index contributed by atoms with van der Waals surface area (Å²) in [5.41, 5.74) is 0. The molecule has 6 heteroatoms. The van der Waals surface area contributed by atoms with Gasteiger partial charge < -0.3 is 5.48 Å². The standard InChI is InChI=1S/C18H15O3PS.H2O/c19-23(20,21)18-13-11-17(12-14-18)22(15-7-3-1-4-8-15)16-9-5-2-6-10-16;/h1-14H,(H,19,20,21);1H2. The Bertz CT molecular complexity index is 840. The smallest absolute Gasteiger partial charge is 0.294 e. The Morgan fingerprint density at radius 1 is 0.625 bits per heavy atom. The fraction of sp³-hybridized carbons (Fsp3) is 0. The Morgan fingerprint density at radius 3 is 1.38 bits per heavy atom. The summed E-state index contributed by atoms with van der Waals surface area (Å²) in [6.45, 7) is 0. The maximum atomic E-state index is 11.2. The van der Waals surface area contributed by atoms with E-state index in [9.17, 15) is 8.42 Å². The molecular formula is C18H17O4PS. The molecule has 3 aromatic carbocycles. The van der Waals surface area contributed by atoms with Crippen LogP contribution in [0.15, 0.2) is 89.8 Å². The lowest BCUT2D eigenvalue weighted by Gasteiger charge is -2.19. The van der Waals surface area contributed by atoms with Gasteiger partial charge in [0.25, 0.3) is 10.1 Å². The summed E-state index contributed by atoms with van der Waals surface area (Å²) in [6.07, 6.45) is 0. The van der Waals surface area contributed by atoms with Crippen molar-refractivity contribution in [1.82, 2.24) is 0 Å². The predicted molar refractivity (Wildman–Crippen MR) is 98.6 cm³/mol. The molecule has 0 fully saturated rings. The normalized spacial score (nSPS) is 11.1. The molecular weight excluding hydrogens is 343 g/mol. The molecule has 0 heterocycles. The quantitative estimate of drug-likeness (QED) is 0.569. The zero-order valence-electron chi connectivity index (χ0n) is 12.7. The van der Waals surface area contributed by atoms with Crippen molar-refractivity contribution < 1.29 is 18.4 Å². The SMILES string of the molecule is O.O=S(=O)(O)c1ccc(P(c2ccccc2)c2ccccc2)cc1. The monoisotopic (exact) mass is 360 g/mol. The zero-order valence-corrected chi connectivity index (χ0v) is 14.4. The van der Waals surface area contributed by atoms with Gasteiger partial charge in [0, 0.05) is 0 Å². The van der Waals surface area contributed by atoms with E-state index >= 15 is 0 Å². The van der Waals surface area contributed by atoms with Crippen LogP contribution in [0.5, 0.6) is 0 Å². The van der Waals surface area contributed by atoms with Crippen LogP contribution in [-0.4, -0.2) is 18.4 Å². The molecule has 124 valence electrons. The molecule has 0 unspecified atom stereocenters. The van der Waals surface area contributed by atoms with E-state index in [1.165, 1.54) is 22.7 Å². The molecule has 0 spiro atoms. The Labute approximate surface area is 142 Å². The van der Waals surface area contributed by atoms with Crippen LogP contribution >= 0.6 is 7.92 Å². The topological polar surface area (TPSA) is 85.9 Å². The maximum Gasteiger partial charge on any atom is 0.294 e. The lowest BCUT2D eigenvalue weighted by molar-refractivity contribution is 0.483. The molecule has 0 saturated carbocycles. The highest BCUT2D eigenvalue weighted by Crippen LogP contribution is 2.32. The van der Waals surface area contributed by atoms with Gasteiger partial charge in [-0.1, -0.05) is 72.8 Å². The van der Waals surface area contributed by atoms with Crippen LogP contribution in [0.3, 0.4) is 0 Å². The molecule has 0 aliphatic rings. The Kier molecular flexibility index (Phi) is 5.86. The Morgan fingerprint density at radius 2 is 1.00 bits per heavy atom. The minimum absolute atomic E-state index is 0. The third-order valence-corrected chi connectivity index (χ3v) is 6.73. The predicted octanol–water partition coefficient (Wildman–Crippen LogP) is 1.87. The van der Waals surface area contributed by atoms with E-state index in [1.54, 1.807) is 12.1 Å². The fourth-order valence-electron chi connectivity index (χ4n) is 2.37. The van der Waals surface area contributed by atoms with Gasteiger partial charge in [0.15, 0.2) is 0 Å². The summed E-state index contributed by atoms with van der Waals surface area (Å²) in [7, 11) is -4.94. The van der Waals surface area contributed by atoms with Gasteiger partial charge in [0.2, 0.25) is 0 Å². The van der Waals surface area contributed by atoms with E-state index in [1.807, 2.05) is 36.4 Å². The zero-order chi connectivity index (χ0) is 16.3. The highest BCUT2D eigenvalue weighted by Gasteiger charge is 2.17. The second-order valence-corrected chi connectivity index (χ2v) is 8.62. The molecule has 0 amide bonds. The molecule has 3 rings (SSSR count). The van der Waals surface area contributed by atoms with Crippen LogP contribution in [0.4, 0.5) is 0 Å². The van der Waals surface area contributed by atoms with Gasteiger partial charge in [0.1, 0.15) is 0 Å². The lowest BCUT2D eigenvalue weighted by Crippen LogP contribution is -2.20. The van der Waals surface area contributed by atoms with Crippen molar-refractivity contribution in [3.8, 4) is 0 Å². The minimum Gasteiger partial charge on any atom is -0.412 e. The summed E-state index contributed by atoms with van der Waals surface area (Å²) >= 11 is 0. The van der Waals surface area contributed by atoms with E-state index in [0.717, 1.165) is 5.30 Å². The first-order chi connectivity index (χ1) is 11.1. The second-order valence-electron chi connectivity index (χ2n) is 4.98. The molecule has 4 nitrogen and oxygen atoms in total. The summed E-state index contributed by atoms with van der Waals surface area (Å²) in [5, 5.41) is 3.41. The number of benzene rings is 3. The lowest BCUT2D eigenvalue weighted by atomic mass is 10.3. The highest BCUT2D eigenvalue weighted by molar-refractivity contribution is 7.85. The molecule has 0 radical (unpaired) electrons. The van der Waals surface area contributed by atoms with E-state index in [4.69, 9.17) is 4.55 Å². The van der Waals surface area contributed by atoms with Crippen LogP contribution in [0.2, 0.25) is 0 Å². The summed E-state index contributed by atoms with van der Waals surface area (Å²) in [6, 6.07) is 26.7. The van der Waals surface area contributed by atoms with Gasteiger partial charge in [-0.2, -0.15) is 8.42 Å². The van der Waals surface area contributed by atoms with Crippen molar-refractivity contribution in [3.63, 3.8) is 0 Å². The van der Waals surface area contributed by atoms with E-state index in [-0.39, 0.29) is 10.4 Å². The summed E-state index contributed by atoms with van der Waals surface area (Å²) < 4.78 is 31.6. The van der Waals surface area contributed by atoms with Crippen LogP contribution in [0, 0.1) is 0 Å². The van der Waals surface area contributed by atoms with Crippen molar-refractivity contribution in [1.29, 1.82) is 0 Å². The Balaban J connectivity index is 0.00000208. The molecule has 24 heavy (non-hydrogen) atoms. The molecule has 0 aliphatic carbocycles. The molecule has 0 bridgehead atoms. The number of rotatable bonds is 4. The number of hydrogen-bond acceptors (Lipinski definition) is 2. The largest absolute Gasteiger partial charge is 0.412 e. The van der Waals surface area contributed by atoms with Crippen molar-refractivity contribution >= 4 is 34.0 Å². The third-order valence-electron chi connectivity index (χ3n) is 3.42. The second kappa shape index (κ2) is 7.69. The van der Waals surface area contributed by atoms with Gasteiger partial charge in [0.05, 0.1) is 4.90 Å². The van der Waals surface area contributed by atoms with Gasteiger partial charge in [-0.05, 0) is 36.0 Å². The van der Waals surface area contributed by atoms with E-state index < -0.39 is 18.0 Å². The van der Waals surface area contributed by atoms with Gasteiger partial charge in [-0.15, -0.1) is 0 Å². The Hall–Kier alpha value is -2.04. The molecule has 3 N–H and O–H groups in total. The number of hydrogen-bond donors (Lipinski definition) is 1. The van der Waals surface area contributed by atoms with Crippen LogP contribution in [0.1, 0.15) is 0 Å². The fourth-order valence-corrected chi connectivity index (χ4v) is 5.13. The molecule has 0 saturated heterocycles. The van der Waals surface area contributed by atoms with E-state index in [0.29, 0.717) is 0 Å². The average molecular weight is 360 g/mol. The van der Waals surface area contributed by atoms with Crippen LogP contribution < -0.4 is 15.9 Å². The minimum atomic E-state index is -4.17.